The summed E-state index contributed by atoms with van der Waals surface area (Å²) in [7, 11) is 0. The maximum absolute atomic E-state index is 4.83. The topological polar surface area (TPSA) is 53.9 Å². The summed E-state index contributed by atoms with van der Waals surface area (Å²) in [5, 5.41) is 5.39. The van der Waals surface area contributed by atoms with Gasteiger partial charge in [-0.05, 0) is 113 Å². The van der Waals surface area contributed by atoms with Crippen molar-refractivity contribution in [3.05, 3.63) is 101 Å². The minimum absolute atomic E-state index is 0. The normalized spacial score (nSPS) is 9.70. The number of nitrogens with zero attached hydrogens (tertiary/aromatic N) is 1. The molecule has 5 rings (SSSR count). The van der Waals surface area contributed by atoms with Gasteiger partial charge in [0.2, 0.25) is 0 Å². The molecule has 0 unspecified atom stereocenters. The van der Waals surface area contributed by atoms with Crippen LogP contribution >= 0.6 is 11.3 Å². The third-order valence-electron chi connectivity index (χ3n) is 4.56. The number of aryl methyl sites for hydroxylation is 4. The Morgan fingerprint density at radius 3 is 1.39 bits per heavy atom. The number of thiophene rings is 1. The van der Waals surface area contributed by atoms with Gasteiger partial charge in [0.15, 0.2) is 0 Å². The van der Waals surface area contributed by atoms with E-state index in [-0.39, 0.29) is 144 Å². The molecule has 2 N–H and O–H groups in total. The van der Waals surface area contributed by atoms with Crippen LogP contribution < -0.4 is 5.32 Å². The van der Waals surface area contributed by atoms with Crippen LogP contribution in [0.1, 0.15) is 111 Å². The van der Waals surface area contributed by atoms with E-state index < -0.39 is 0 Å². The molecule has 4 nitrogen and oxygen atoms in total. The van der Waals surface area contributed by atoms with Gasteiger partial charge in [0, 0.05) is 173 Å². The molecular formula is C37H69N3ORn2S. The van der Waals surface area contributed by atoms with E-state index in [0.29, 0.717) is 0 Å². The summed E-state index contributed by atoms with van der Waals surface area (Å²) >= 11 is 1.78. The fraction of sp³-hybridized carbons (Fsp3) is 0.541. The second-order valence-corrected chi connectivity index (χ2v) is 8.91. The molecule has 1 saturated heterocycles. The SMILES string of the molecule is CC.CC.CC.CC.CC.CC1CCNCC1.Cc1ccc[nH]1.Cc1ccco1.Cc1cccs1.Cc1ccncc1.[Rn].[Rn]. The number of H-pyrrole nitrogens is 1. The molecule has 0 radical (unpaired) electrons. The zero-order valence-corrected chi connectivity index (χ0v) is 37.2. The molecule has 0 amide bonds. The monoisotopic (exact) mass is 1050 g/mol. The van der Waals surface area contributed by atoms with Gasteiger partial charge in [0.25, 0.3) is 0 Å². The minimum atomic E-state index is 0. The van der Waals surface area contributed by atoms with E-state index in [4.69, 9.17) is 4.42 Å². The summed E-state index contributed by atoms with van der Waals surface area (Å²) in [6.07, 6.45) is 9.90. The molecule has 1 aliphatic rings. The van der Waals surface area contributed by atoms with Crippen LogP contribution in [0.25, 0.3) is 0 Å². The van der Waals surface area contributed by atoms with Crippen LogP contribution in [0.3, 0.4) is 0 Å². The molecule has 260 valence electrons. The molecule has 1 fully saturated rings. The van der Waals surface area contributed by atoms with Crippen LogP contribution in [0, 0.1) is 177 Å². The molecule has 5 heterocycles. The van der Waals surface area contributed by atoms with E-state index >= 15 is 0 Å². The summed E-state index contributed by atoms with van der Waals surface area (Å²) < 4.78 is 4.83. The van der Waals surface area contributed by atoms with Crippen molar-refractivity contribution < 1.29 is 148 Å². The van der Waals surface area contributed by atoms with Crippen LogP contribution in [0.2, 0.25) is 0 Å². The summed E-state index contributed by atoms with van der Waals surface area (Å²) in [6, 6.07) is 15.9. The molecule has 1 aliphatic heterocycles. The van der Waals surface area contributed by atoms with Crippen LogP contribution in [0.15, 0.2) is 83.2 Å². The van der Waals surface area contributed by atoms with Crippen LogP contribution in [-0.2, 0) is 0 Å². The fourth-order valence-electron chi connectivity index (χ4n) is 2.53. The predicted octanol–water partition coefficient (Wildman–Crippen LogP) is 12.5. The number of nitrogens with one attached hydrogen (secondary N) is 2. The number of piperidine rings is 1. The summed E-state index contributed by atoms with van der Waals surface area (Å²) in [5.41, 5.74) is 2.48. The van der Waals surface area contributed by atoms with Gasteiger partial charge in [0.05, 0.1) is 6.26 Å². The standard InChI is InChI=1S/C6H13N.C6H7N.C5H7N.C5H6O.C5H6S.5C2H6.2Rn/c2*1-6-2-4-7-5-3-6;3*1-5-3-2-4-6-5;5*1-2;;/h6-7H,2-5H2,1H3;2-5H,1H3;2-4,6H,1H3;2*2-4H,1H3;5*1-2H3;;. The second-order valence-electron chi connectivity index (χ2n) is 7.76. The Kier molecular flexibility index (Phi) is 78.7. The van der Waals surface area contributed by atoms with Gasteiger partial charge in [-0.3, -0.25) is 4.98 Å². The Hall–Kier alpha value is 1.60. The third kappa shape index (κ3) is 53.1. The number of rotatable bonds is 0. The molecule has 7 heteroatoms. The van der Waals surface area contributed by atoms with Gasteiger partial charge < -0.3 is 14.7 Å². The van der Waals surface area contributed by atoms with E-state index in [1.54, 1.807) is 30.0 Å². The second kappa shape index (κ2) is 56.9. The molecule has 0 atom stereocenters. The van der Waals surface area contributed by atoms with Crippen molar-refractivity contribution in [1.29, 1.82) is 0 Å². The smallest absolute Gasteiger partial charge is 0.100 e. The first-order valence-electron chi connectivity index (χ1n) is 16.1. The molecule has 44 heavy (non-hydrogen) atoms. The Morgan fingerprint density at radius 1 is 0.705 bits per heavy atom. The van der Waals surface area contributed by atoms with E-state index in [9.17, 15) is 0 Å². The molecular weight excluding hydrogens is 978 g/mol. The first-order valence-corrected chi connectivity index (χ1v) is 17.0. The van der Waals surface area contributed by atoms with Crippen molar-refractivity contribution in [2.75, 3.05) is 13.1 Å². The van der Waals surface area contributed by atoms with Crippen molar-refractivity contribution in [2.24, 2.45) is 5.92 Å². The average molecular weight is 1050 g/mol. The van der Waals surface area contributed by atoms with E-state index in [1.807, 2.05) is 133 Å². The van der Waals surface area contributed by atoms with Crippen LogP contribution in [0.5, 0.6) is 0 Å². The quantitative estimate of drug-likeness (QED) is 0.185. The average Bonchev–Trinajstić information content (AvgIpc) is 3.86. The Labute approximate surface area is 403 Å². The van der Waals surface area contributed by atoms with E-state index in [2.05, 4.69) is 46.6 Å². The minimum Gasteiger partial charge on any atom is -0.470 e. The van der Waals surface area contributed by atoms with Gasteiger partial charge in [-0.1, -0.05) is 82.2 Å². The van der Waals surface area contributed by atoms with Crippen molar-refractivity contribution in [3.63, 3.8) is 0 Å². The van der Waals surface area contributed by atoms with Gasteiger partial charge in [-0.2, -0.15) is 0 Å². The number of furan rings is 1. The largest absolute Gasteiger partial charge is 0.470 e. The Balaban J connectivity index is -0.0000000719. The van der Waals surface area contributed by atoms with Gasteiger partial charge in [-0.25, -0.2) is 0 Å². The zero-order chi connectivity index (χ0) is 33.4. The number of aromatic amines is 1. The molecule has 0 aromatic carbocycles. The number of pyridine rings is 1. The van der Waals surface area contributed by atoms with Crippen molar-refractivity contribution >= 4 is 11.3 Å². The van der Waals surface area contributed by atoms with Crippen molar-refractivity contribution in [3.8, 4) is 0 Å². The first kappa shape index (κ1) is 60.9. The fourth-order valence-corrected chi connectivity index (χ4v) is 3.06. The number of aromatic nitrogens is 2. The predicted molar refractivity (Wildman–Crippen MR) is 195 cm³/mol. The van der Waals surface area contributed by atoms with E-state index in [0.717, 1.165) is 11.7 Å². The maximum atomic E-state index is 4.83. The summed E-state index contributed by atoms with van der Waals surface area (Å²) in [5.74, 6) is 1.94. The van der Waals surface area contributed by atoms with Crippen LogP contribution in [-0.4, -0.2) is 23.1 Å². The van der Waals surface area contributed by atoms with Gasteiger partial charge >= 0.3 is 0 Å². The molecule has 4 aromatic heterocycles. The summed E-state index contributed by atoms with van der Waals surface area (Å²) in [4.78, 5) is 8.23. The van der Waals surface area contributed by atoms with E-state index in [1.165, 1.54) is 42.1 Å². The zero-order valence-electron chi connectivity index (χ0n) is 30.9. The van der Waals surface area contributed by atoms with Gasteiger partial charge in [0.1, 0.15) is 5.76 Å². The molecule has 0 bridgehead atoms. The summed E-state index contributed by atoms with van der Waals surface area (Å²) in [6.45, 7) is 32.9. The Bertz CT molecular complexity index is 788. The Morgan fingerprint density at radius 2 is 1.23 bits per heavy atom. The van der Waals surface area contributed by atoms with Crippen LogP contribution in [0.4, 0.5) is 0 Å². The van der Waals surface area contributed by atoms with Crippen molar-refractivity contribution in [2.45, 2.75) is 117 Å². The number of hydrogen-bond donors (Lipinski definition) is 2. The first-order chi connectivity index (χ1) is 20.5. The number of hydrogen-bond acceptors (Lipinski definition) is 4. The molecule has 4 aromatic rings. The maximum Gasteiger partial charge on any atom is 0.100 e. The third-order valence-corrected chi connectivity index (χ3v) is 5.36. The molecule has 0 aliphatic carbocycles. The molecule has 0 spiro atoms. The van der Waals surface area contributed by atoms with Crippen molar-refractivity contribution in [1.82, 2.24) is 15.3 Å². The molecule has 0 saturated carbocycles. The van der Waals surface area contributed by atoms with Gasteiger partial charge in [-0.15, -0.1) is 11.3 Å².